The Morgan fingerprint density at radius 3 is 1.75 bits per heavy atom. The molecular weight excluding hydrogens is 939 g/mol. The Labute approximate surface area is 446 Å². The summed E-state index contributed by atoms with van der Waals surface area (Å²) in [5.41, 5.74) is 21.4. The van der Waals surface area contributed by atoms with E-state index in [9.17, 15) is 0 Å². The zero-order valence-electron chi connectivity index (χ0n) is 41.6. The summed E-state index contributed by atoms with van der Waals surface area (Å²) in [7, 11) is 0. The Morgan fingerprint density at radius 2 is 1.05 bits per heavy atom. The molecule has 3 heterocycles. The molecule has 15 rings (SSSR count). The van der Waals surface area contributed by atoms with Gasteiger partial charge in [-0.3, -0.25) is 4.98 Å². The predicted octanol–water partition coefficient (Wildman–Crippen LogP) is 19.2. The number of nitrogens with zero attached hydrogens (tertiary/aromatic N) is 3. The maximum atomic E-state index is 5.10. The van der Waals surface area contributed by atoms with Gasteiger partial charge in [0.15, 0.2) is 0 Å². The average Bonchev–Trinajstić information content (AvgIpc) is 4.21. The molecule has 0 saturated carbocycles. The summed E-state index contributed by atoms with van der Waals surface area (Å²) >= 11 is 1.89. The number of fused-ring (bicyclic) bond motifs is 9. The summed E-state index contributed by atoms with van der Waals surface area (Å²) in [5.74, 6) is 0. The zero-order valence-corrected chi connectivity index (χ0v) is 42.5. The van der Waals surface area contributed by atoms with E-state index < -0.39 is 5.41 Å². The van der Waals surface area contributed by atoms with Crippen LogP contribution in [0.15, 0.2) is 284 Å². The van der Waals surface area contributed by atoms with E-state index in [4.69, 9.17) is 4.98 Å². The fourth-order valence-electron chi connectivity index (χ4n) is 12.8. The summed E-state index contributed by atoms with van der Waals surface area (Å²) in [6.07, 6.45) is 6.28. The van der Waals surface area contributed by atoms with Crippen molar-refractivity contribution in [3.05, 3.63) is 307 Å². The van der Waals surface area contributed by atoms with E-state index in [1.807, 2.05) is 23.6 Å². The van der Waals surface area contributed by atoms with Gasteiger partial charge in [-0.15, -0.1) is 11.3 Å². The van der Waals surface area contributed by atoms with Crippen LogP contribution in [-0.4, -0.2) is 9.55 Å². The highest BCUT2D eigenvalue weighted by atomic mass is 32.1. The van der Waals surface area contributed by atoms with Crippen LogP contribution in [-0.2, 0) is 5.41 Å². The molecule has 358 valence electrons. The minimum absolute atomic E-state index is 0.500. The SMILES string of the molecule is C1=C(N(c2ccc(-c3ccccc3)cc2)c2ccc3sc4c(c(-c5ccccn5)cc5c4c4ccc(-c6ccccc6)cc4n5-c4ccccc4)c3c2)CCC2=C1C(c1ccccc1)(c1ccccc1)c1ccccc12. The quantitative estimate of drug-likeness (QED) is 0.144. The number of hydrogen-bond donors (Lipinski definition) is 0. The van der Waals surface area contributed by atoms with Gasteiger partial charge >= 0.3 is 0 Å². The van der Waals surface area contributed by atoms with Crippen molar-refractivity contribution in [2.75, 3.05) is 4.90 Å². The predicted molar refractivity (Wildman–Crippen MR) is 320 cm³/mol. The topological polar surface area (TPSA) is 21.1 Å². The lowest BCUT2D eigenvalue weighted by Crippen LogP contribution is -2.30. The van der Waals surface area contributed by atoms with Crippen LogP contribution < -0.4 is 4.90 Å². The number of pyridine rings is 1. The second kappa shape index (κ2) is 17.9. The molecule has 0 unspecified atom stereocenters. The molecule has 2 aliphatic rings. The Balaban J connectivity index is 0.990. The third kappa shape index (κ3) is 6.91. The van der Waals surface area contributed by atoms with Crippen molar-refractivity contribution in [3.63, 3.8) is 0 Å². The molecular formula is C72H49N3S. The summed E-state index contributed by atoms with van der Waals surface area (Å²) in [5, 5.41) is 4.95. The van der Waals surface area contributed by atoms with Crippen LogP contribution in [0, 0.1) is 0 Å². The van der Waals surface area contributed by atoms with Gasteiger partial charge in [0.25, 0.3) is 0 Å². The summed E-state index contributed by atoms with van der Waals surface area (Å²) in [6.45, 7) is 0. The molecule has 4 heteroatoms. The normalized spacial score (nSPS) is 13.8. The van der Waals surface area contributed by atoms with E-state index in [1.54, 1.807) is 0 Å². The van der Waals surface area contributed by atoms with Gasteiger partial charge in [-0.05, 0) is 141 Å². The third-order valence-corrected chi connectivity index (χ3v) is 17.2. The van der Waals surface area contributed by atoms with Crippen molar-refractivity contribution in [2.24, 2.45) is 0 Å². The fourth-order valence-corrected chi connectivity index (χ4v) is 14.0. The van der Waals surface area contributed by atoms with Gasteiger partial charge in [0.2, 0.25) is 0 Å². The number of aromatic nitrogens is 2. The molecule has 0 aliphatic heterocycles. The van der Waals surface area contributed by atoms with Crippen LogP contribution in [0.4, 0.5) is 11.4 Å². The van der Waals surface area contributed by atoms with Gasteiger partial charge in [-0.1, -0.05) is 194 Å². The van der Waals surface area contributed by atoms with E-state index in [2.05, 4.69) is 270 Å². The summed E-state index contributed by atoms with van der Waals surface area (Å²) < 4.78 is 4.97. The van der Waals surface area contributed by atoms with Crippen molar-refractivity contribution in [2.45, 2.75) is 18.3 Å². The number of anilines is 2. The largest absolute Gasteiger partial charge is 0.314 e. The first-order valence-electron chi connectivity index (χ1n) is 26.3. The van der Waals surface area contributed by atoms with Crippen LogP contribution >= 0.6 is 11.3 Å². The van der Waals surface area contributed by atoms with Gasteiger partial charge in [-0.25, -0.2) is 0 Å². The summed E-state index contributed by atoms with van der Waals surface area (Å²) in [4.78, 5) is 7.65. The number of thiophene rings is 1. The molecule has 0 bridgehead atoms. The highest BCUT2D eigenvalue weighted by Gasteiger charge is 2.48. The van der Waals surface area contributed by atoms with Gasteiger partial charge < -0.3 is 9.47 Å². The van der Waals surface area contributed by atoms with E-state index in [0.29, 0.717) is 0 Å². The third-order valence-electron chi connectivity index (χ3n) is 16.0. The molecule has 76 heavy (non-hydrogen) atoms. The van der Waals surface area contributed by atoms with Crippen molar-refractivity contribution in [1.82, 2.24) is 9.55 Å². The lowest BCUT2D eigenvalue weighted by molar-refractivity contribution is 0.750. The zero-order chi connectivity index (χ0) is 50.2. The van der Waals surface area contributed by atoms with Gasteiger partial charge in [0.05, 0.1) is 22.1 Å². The van der Waals surface area contributed by atoms with Crippen LogP contribution in [0.25, 0.3) is 86.7 Å². The Kier molecular flexibility index (Phi) is 10.4. The van der Waals surface area contributed by atoms with E-state index >= 15 is 0 Å². The van der Waals surface area contributed by atoms with E-state index in [-0.39, 0.29) is 0 Å². The smallest absolute Gasteiger partial charge is 0.0710 e. The number of allylic oxidation sites excluding steroid dienone is 4. The fraction of sp³-hybridized carbons (Fsp3) is 0.0417. The molecule has 2 aliphatic carbocycles. The first-order chi connectivity index (χ1) is 37.7. The Bertz CT molecular complexity index is 4370. The highest BCUT2D eigenvalue weighted by molar-refractivity contribution is 7.27. The number of rotatable bonds is 9. The van der Waals surface area contributed by atoms with E-state index in [0.717, 1.165) is 41.2 Å². The highest BCUT2D eigenvalue weighted by Crippen LogP contribution is 2.58. The first kappa shape index (κ1) is 44.2. The van der Waals surface area contributed by atoms with Gasteiger partial charge in [-0.2, -0.15) is 0 Å². The van der Waals surface area contributed by atoms with Gasteiger partial charge in [0.1, 0.15) is 0 Å². The lowest BCUT2D eigenvalue weighted by Gasteiger charge is -2.37. The van der Waals surface area contributed by atoms with Crippen LogP contribution in [0.2, 0.25) is 0 Å². The molecule has 10 aromatic carbocycles. The van der Waals surface area contributed by atoms with Crippen LogP contribution in [0.5, 0.6) is 0 Å². The molecule has 0 radical (unpaired) electrons. The Morgan fingerprint density at radius 1 is 0.447 bits per heavy atom. The van der Waals surface area contributed by atoms with Crippen molar-refractivity contribution in [1.29, 1.82) is 0 Å². The molecule has 0 N–H and O–H groups in total. The molecule has 0 fully saturated rings. The number of para-hydroxylation sites is 1. The van der Waals surface area contributed by atoms with Gasteiger partial charge in [0, 0.05) is 65.5 Å². The lowest BCUT2D eigenvalue weighted by atomic mass is 9.66. The van der Waals surface area contributed by atoms with Crippen molar-refractivity contribution >= 4 is 70.3 Å². The monoisotopic (exact) mass is 987 g/mol. The molecule has 13 aromatic rings. The minimum Gasteiger partial charge on any atom is -0.314 e. The van der Waals surface area contributed by atoms with Crippen molar-refractivity contribution in [3.8, 4) is 39.2 Å². The second-order valence-electron chi connectivity index (χ2n) is 20.1. The van der Waals surface area contributed by atoms with Crippen LogP contribution in [0.3, 0.4) is 0 Å². The second-order valence-corrected chi connectivity index (χ2v) is 21.1. The maximum absolute atomic E-state index is 5.10. The van der Waals surface area contributed by atoms with Crippen LogP contribution in [0.1, 0.15) is 35.1 Å². The molecule has 3 nitrogen and oxygen atoms in total. The first-order valence-corrected chi connectivity index (χ1v) is 27.1. The molecule has 0 atom stereocenters. The molecule has 0 spiro atoms. The summed E-state index contributed by atoms with van der Waals surface area (Å²) in [6, 6.07) is 95.9. The average molecular weight is 988 g/mol. The minimum atomic E-state index is -0.500. The van der Waals surface area contributed by atoms with E-state index in [1.165, 1.54) is 103 Å². The molecule has 3 aromatic heterocycles. The Hall–Kier alpha value is -9.35. The molecule has 0 saturated heterocycles. The maximum Gasteiger partial charge on any atom is 0.0710 e. The molecule has 0 amide bonds. The van der Waals surface area contributed by atoms with Crippen molar-refractivity contribution < 1.29 is 0 Å². The standard InChI is InChI=1S/C72H49N3S/c1-6-20-48(21-7-1)50-33-36-55(37-34-50)74(57-38-41-59-58-30-16-17-31-63(58)72(64(59)46-57,52-24-10-3-11-25-52)53-26-12-4-13-27-53)56-39-42-68-62(45-56)69-61(65-32-18-19-43-73-65)47-67-70(71(69)76-68)60-40-35-51(49-22-8-2-9-23-49)44-66(60)75(67)54-28-14-5-15-29-54/h1-37,39-40,42-47H,38,41H2. The number of hydrogen-bond acceptors (Lipinski definition) is 3. The number of benzene rings is 10.